The Hall–Kier alpha value is -1.46. The minimum Gasteiger partial charge on any atom is -0.480 e. The lowest BCUT2D eigenvalue weighted by atomic mass is 10.0. The van der Waals surface area contributed by atoms with E-state index in [2.05, 4.69) is 10.6 Å². The van der Waals surface area contributed by atoms with Crippen LogP contribution in [0.3, 0.4) is 0 Å². The topological polar surface area (TPSA) is 78.4 Å². The van der Waals surface area contributed by atoms with Crippen LogP contribution in [0.25, 0.3) is 0 Å². The second-order valence-electron chi connectivity index (χ2n) is 4.74. The fraction of sp³-hybridized carbons (Fsp3) is 0.385. The number of carboxylic acids is 1. The number of benzene rings is 1. The molecular weight excluding hydrogens is 303 g/mol. The molecular formula is C13H16Cl2N2O3. The number of halogens is 2. The van der Waals surface area contributed by atoms with Gasteiger partial charge < -0.3 is 15.7 Å². The van der Waals surface area contributed by atoms with Crippen LogP contribution >= 0.6 is 23.2 Å². The number of carbonyl (C=O) groups is 2. The quantitative estimate of drug-likeness (QED) is 0.775. The van der Waals surface area contributed by atoms with E-state index in [9.17, 15) is 9.59 Å². The Kier molecular flexibility index (Phi) is 6.10. The third-order valence-corrected chi connectivity index (χ3v) is 3.04. The molecule has 1 aromatic rings. The van der Waals surface area contributed by atoms with Crippen LogP contribution in [0.4, 0.5) is 10.5 Å². The molecule has 0 aliphatic rings. The highest BCUT2D eigenvalue weighted by atomic mass is 35.5. The van der Waals surface area contributed by atoms with E-state index >= 15 is 0 Å². The van der Waals surface area contributed by atoms with Crippen molar-refractivity contribution in [3.05, 3.63) is 28.2 Å². The molecule has 0 spiro atoms. The molecule has 0 saturated carbocycles. The maximum Gasteiger partial charge on any atom is 0.326 e. The standard InChI is InChI=1S/C13H16Cl2N2O3/c1-7(2)5-11(12(18)19)17-13(20)16-10-4-3-8(14)6-9(10)15/h3-4,6-7,11H,5H2,1-2H3,(H,18,19)(H2,16,17,20)/t11-/m1/s1. The van der Waals surface area contributed by atoms with Crippen molar-refractivity contribution in [2.75, 3.05) is 5.32 Å². The van der Waals surface area contributed by atoms with E-state index < -0.39 is 18.0 Å². The van der Waals surface area contributed by atoms with Gasteiger partial charge in [0, 0.05) is 5.02 Å². The Morgan fingerprint density at radius 1 is 1.30 bits per heavy atom. The number of nitrogens with one attached hydrogen (secondary N) is 2. The van der Waals surface area contributed by atoms with Crippen LogP contribution in [0.5, 0.6) is 0 Å². The van der Waals surface area contributed by atoms with Crippen LogP contribution < -0.4 is 10.6 Å². The largest absolute Gasteiger partial charge is 0.480 e. The van der Waals surface area contributed by atoms with E-state index in [-0.39, 0.29) is 10.9 Å². The van der Waals surface area contributed by atoms with Gasteiger partial charge in [0.05, 0.1) is 10.7 Å². The Morgan fingerprint density at radius 2 is 1.95 bits per heavy atom. The minimum absolute atomic E-state index is 0.149. The third kappa shape index (κ3) is 5.27. The van der Waals surface area contributed by atoms with Gasteiger partial charge in [-0.25, -0.2) is 9.59 Å². The second-order valence-corrected chi connectivity index (χ2v) is 5.59. The summed E-state index contributed by atoms with van der Waals surface area (Å²) in [6, 6.07) is 3.04. The van der Waals surface area contributed by atoms with Gasteiger partial charge in [-0.15, -0.1) is 0 Å². The highest BCUT2D eigenvalue weighted by molar-refractivity contribution is 6.36. The van der Waals surface area contributed by atoms with Gasteiger partial charge in [0.1, 0.15) is 6.04 Å². The average molecular weight is 319 g/mol. The normalized spacial score (nSPS) is 12.1. The Bertz CT molecular complexity index is 506. The predicted octanol–water partition coefficient (Wildman–Crippen LogP) is 3.61. The summed E-state index contributed by atoms with van der Waals surface area (Å²) in [6.07, 6.45) is 0.344. The first-order chi connectivity index (χ1) is 9.29. The van der Waals surface area contributed by atoms with Crippen LogP contribution in [-0.4, -0.2) is 23.1 Å². The second kappa shape index (κ2) is 7.36. The van der Waals surface area contributed by atoms with Gasteiger partial charge >= 0.3 is 12.0 Å². The molecule has 1 atom stereocenters. The van der Waals surface area contributed by atoms with E-state index in [1.807, 2.05) is 13.8 Å². The smallest absolute Gasteiger partial charge is 0.326 e. The lowest BCUT2D eigenvalue weighted by Gasteiger charge is -2.17. The molecule has 0 unspecified atom stereocenters. The van der Waals surface area contributed by atoms with Gasteiger partial charge in [-0.2, -0.15) is 0 Å². The van der Waals surface area contributed by atoms with Gasteiger partial charge in [0.2, 0.25) is 0 Å². The van der Waals surface area contributed by atoms with Gasteiger partial charge in [-0.3, -0.25) is 0 Å². The third-order valence-electron chi connectivity index (χ3n) is 2.49. The molecule has 3 N–H and O–H groups in total. The van der Waals surface area contributed by atoms with E-state index in [1.165, 1.54) is 6.07 Å². The van der Waals surface area contributed by atoms with Crippen molar-refractivity contribution in [1.82, 2.24) is 5.32 Å². The SMILES string of the molecule is CC(C)C[C@@H](NC(=O)Nc1ccc(Cl)cc1Cl)C(=O)O. The molecule has 5 nitrogen and oxygen atoms in total. The molecule has 0 saturated heterocycles. The number of carboxylic acid groups (broad SMARTS) is 1. The van der Waals surface area contributed by atoms with Crippen molar-refractivity contribution in [1.29, 1.82) is 0 Å². The van der Waals surface area contributed by atoms with Gasteiger partial charge in [-0.1, -0.05) is 37.0 Å². The number of hydrogen-bond donors (Lipinski definition) is 3. The first-order valence-corrected chi connectivity index (χ1v) is 6.80. The Balaban J connectivity index is 2.68. The van der Waals surface area contributed by atoms with E-state index in [1.54, 1.807) is 12.1 Å². The number of urea groups is 1. The first-order valence-electron chi connectivity index (χ1n) is 6.05. The molecule has 110 valence electrons. The number of anilines is 1. The Morgan fingerprint density at radius 3 is 2.45 bits per heavy atom. The summed E-state index contributed by atoms with van der Waals surface area (Å²) < 4.78 is 0. The van der Waals surface area contributed by atoms with Crippen molar-refractivity contribution in [3.8, 4) is 0 Å². The predicted molar refractivity (Wildman–Crippen MR) is 79.5 cm³/mol. The van der Waals surface area contributed by atoms with Crippen molar-refractivity contribution in [2.24, 2.45) is 5.92 Å². The maximum absolute atomic E-state index is 11.8. The molecule has 0 aromatic heterocycles. The molecule has 0 aliphatic heterocycles. The summed E-state index contributed by atoms with van der Waals surface area (Å²) in [5, 5.41) is 14.7. The molecule has 0 bridgehead atoms. The van der Waals surface area contributed by atoms with E-state index in [0.29, 0.717) is 17.1 Å². The Labute approximate surface area is 127 Å². The van der Waals surface area contributed by atoms with Crippen LogP contribution in [0, 0.1) is 5.92 Å². The zero-order chi connectivity index (χ0) is 15.3. The van der Waals surface area contributed by atoms with Crippen molar-refractivity contribution >= 4 is 40.9 Å². The summed E-state index contributed by atoms with van der Waals surface area (Å²) in [5.41, 5.74) is 0.363. The fourth-order valence-corrected chi connectivity index (χ4v) is 2.06. The summed E-state index contributed by atoms with van der Waals surface area (Å²) in [5.74, 6) is -0.924. The number of amides is 2. The molecule has 1 rings (SSSR count). The lowest BCUT2D eigenvalue weighted by Crippen LogP contribution is -2.43. The number of aliphatic carboxylic acids is 1. The molecule has 20 heavy (non-hydrogen) atoms. The van der Waals surface area contributed by atoms with Crippen molar-refractivity contribution in [3.63, 3.8) is 0 Å². The number of rotatable bonds is 5. The summed E-state index contributed by atoms with van der Waals surface area (Å²) in [7, 11) is 0. The molecule has 0 heterocycles. The average Bonchev–Trinajstić information content (AvgIpc) is 2.31. The highest BCUT2D eigenvalue weighted by Crippen LogP contribution is 2.25. The van der Waals surface area contributed by atoms with Gasteiger partial charge in [0.15, 0.2) is 0 Å². The van der Waals surface area contributed by atoms with Crippen molar-refractivity contribution in [2.45, 2.75) is 26.3 Å². The lowest BCUT2D eigenvalue weighted by molar-refractivity contribution is -0.139. The molecule has 1 aromatic carbocycles. The number of carbonyl (C=O) groups excluding carboxylic acids is 1. The van der Waals surface area contributed by atoms with Crippen LogP contribution in [-0.2, 0) is 4.79 Å². The maximum atomic E-state index is 11.8. The molecule has 2 amide bonds. The summed E-state index contributed by atoms with van der Waals surface area (Å²) >= 11 is 11.7. The zero-order valence-electron chi connectivity index (χ0n) is 11.1. The highest BCUT2D eigenvalue weighted by Gasteiger charge is 2.21. The first kappa shape index (κ1) is 16.6. The van der Waals surface area contributed by atoms with Crippen LogP contribution in [0.1, 0.15) is 20.3 Å². The van der Waals surface area contributed by atoms with Gasteiger partial charge in [-0.05, 0) is 30.5 Å². The van der Waals surface area contributed by atoms with E-state index in [4.69, 9.17) is 28.3 Å². The zero-order valence-corrected chi connectivity index (χ0v) is 12.6. The summed E-state index contributed by atoms with van der Waals surface area (Å²) in [4.78, 5) is 22.8. The van der Waals surface area contributed by atoms with Gasteiger partial charge in [0.25, 0.3) is 0 Å². The van der Waals surface area contributed by atoms with Crippen LogP contribution in [0.15, 0.2) is 18.2 Å². The monoisotopic (exact) mass is 318 g/mol. The molecule has 0 radical (unpaired) electrons. The van der Waals surface area contributed by atoms with Crippen molar-refractivity contribution < 1.29 is 14.7 Å². The van der Waals surface area contributed by atoms with Crippen LogP contribution in [0.2, 0.25) is 10.0 Å². The minimum atomic E-state index is -1.07. The molecule has 0 fully saturated rings. The van der Waals surface area contributed by atoms with E-state index in [0.717, 1.165) is 0 Å². The fourth-order valence-electron chi connectivity index (χ4n) is 1.60. The summed E-state index contributed by atoms with van der Waals surface area (Å²) in [6.45, 7) is 3.76. The number of hydrogen-bond acceptors (Lipinski definition) is 2. The molecule has 7 heteroatoms. The molecule has 0 aliphatic carbocycles.